The standard InChI is InChI=1S/C17H26BNO2/c1-12-9-14(10-13-11-19(6)8-7-15(12)13)18-20-16(2,3)17(4,5)21-18/h9-10H,7-8,11H2,1-6H3. The van der Waals surface area contributed by atoms with Crippen molar-refractivity contribution >= 4 is 12.6 Å². The molecule has 0 unspecified atom stereocenters. The molecule has 0 bridgehead atoms. The van der Waals surface area contributed by atoms with Gasteiger partial charge in [-0.2, -0.15) is 0 Å². The van der Waals surface area contributed by atoms with Gasteiger partial charge in [-0.3, -0.25) is 0 Å². The second-order valence-electron chi connectivity index (χ2n) is 7.55. The Morgan fingerprint density at radius 3 is 2.33 bits per heavy atom. The van der Waals surface area contributed by atoms with E-state index in [2.05, 4.69) is 58.7 Å². The molecule has 0 amide bonds. The van der Waals surface area contributed by atoms with Crippen LogP contribution in [0.5, 0.6) is 0 Å². The zero-order valence-electron chi connectivity index (χ0n) is 14.1. The Morgan fingerprint density at radius 2 is 1.71 bits per heavy atom. The molecule has 0 spiro atoms. The van der Waals surface area contributed by atoms with E-state index in [1.54, 1.807) is 0 Å². The first-order valence-corrected chi connectivity index (χ1v) is 7.86. The van der Waals surface area contributed by atoms with Gasteiger partial charge in [-0.05, 0) is 70.2 Å². The minimum absolute atomic E-state index is 0.258. The quantitative estimate of drug-likeness (QED) is 0.740. The first kappa shape index (κ1) is 15.1. The molecule has 3 nitrogen and oxygen atoms in total. The number of benzene rings is 1. The molecule has 2 aliphatic heterocycles. The molecule has 114 valence electrons. The minimum Gasteiger partial charge on any atom is -0.399 e. The maximum Gasteiger partial charge on any atom is 0.494 e. The van der Waals surface area contributed by atoms with Gasteiger partial charge in [0.1, 0.15) is 0 Å². The lowest BCUT2D eigenvalue weighted by Gasteiger charge is -2.32. The summed E-state index contributed by atoms with van der Waals surface area (Å²) >= 11 is 0. The molecule has 0 aliphatic carbocycles. The average Bonchev–Trinajstić information content (AvgIpc) is 2.57. The highest BCUT2D eigenvalue weighted by Crippen LogP contribution is 2.36. The van der Waals surface area contributed by atoms with E-state index in [1.165, 1.54) is 16.7 Å². The summed E-state index contributed by atoms with van der Waals surface area (Å²) in [5.74, 6) is 0. The van der Waals surface area contributed by atoms with Crippen LogP contribution in [-0.4, -0.2) is 36.8 Å². The molecule has 1 aromatic carbocycles. The summed E-state index contributed by atoms with van der Waals surface area (Å²) in [4.78, 5) is 2.37. The molecule has 4 heteroatoms. The van der Waals surface area contributed by atoms with Crippen LogP contribution in [0.3, 0.4) is 0 Å². The van der Waals surface area contributed by atoms with Crippen LogP contribution in [0.4, 0.5) is 0 Å². The van der Waals surface area contributed by atoms with E-state index in [0.717, 1.165) is 25.0 Å². The SMILES string of the molecule is Cc1cc(B2OC(C)(C)C(C)(C)O2)cc2c1CCN(C)C2. The molecule has 21 heavy (non-hydrogen) atoms. The molecule has 0 atom stereocenters. The van der Waals surface area contributed by atoms with E-state index in [0.29, 0.717) is 0 Å². The van der Waals surface area contributed by atoms with E-state index in [1.807, 2.05) is 0 Å². The largest absolute Gasteiger partial charge is 0.494 e. The highest BCUT2D eigenvalue weighted by molar-refractivity contribution is 6.62. The van der Waals surface area contributed by atoms with E-state index >= 15 is 0 Å². The van der Waals surface area contributed by atoms with E-state index in [-0.39, 0.29) is 18.3 Å². The Bertz CT molecular complexity index is 552. The van der Waals surface area contributed by atoms with Crippen LogP contribution >= 0.6 is 0 Å². The predicted octanol–water partition coefficient (Wildman–Crippen LogP) is 2.28. The second-order valence-corrected chi connectivity index (χ2v) is 7.55. The van der Waals surface area contributed by atoms with Gasteiger partial charge in [0.15, 0.2) is 0 Å². The Labute approximate surface area is 128 Å². The van der Waals surface area contributed by atoms with Crippen molar-refractivity contribution in [3.63, 3.8) is 0 Å². The molecule has 2 heterocycles. The fourth-order valence-corrected chi connectivity index (χ4v) is 3.21. The second kappa shape index (κ2) is 4.84. The Morgan fingerprint density at radius 1 is 1.10 bits per heavy atom. The van der Waals surface area contributed by atoms with Crippen molar-refractivity contribution in [2.45, 2.75) is 58.8 Å². The van der Waals surface area contributed by atoms with Crippen LogP contribution < -0.4 is 5.46 Å². The number of fused-ring (bicyclic) bond motifs is 1. The number of likely N-dealkylation sites (N-methyl/N-ethyl adjacent to an activating group) is 1. The molecular formula is C17H26BNO2. The summed E-state index contributed by atoms with van der Waals surface area (Å²) < 4.78 is 12.4. The summed E-state index contributed by atoms with van der Waals surface area (Å²) in [6, 6.07) is 4.52. The molecule has 3 rings (SSSR count). The Hall–Kier alpha value is -0.835. The molecule has 1 fully saturated rings. The predicted molar refractivity (Wildman–Crippen MR) is 86.9 cm³/mol. The van der Waals surface area contributed by atoms with Crippen LogP contribution in [0.15, 0.2) is 12.1 Å². The summed E-state index contributed by atoms with van der Waals surface area (Å²) in [6.45, 7) is 12.8. The van der Waals surface area contributed by atoms with Crippen molar-refractivity contribution in [1.82, 2.24) is 4.90 Å². The van der Waals surface area contributed by atoms with Crippen LogP contribution in [0, 0.1) is 6.92 Å². The van der Waals surface area contributed by atoms with E-state index in [4.69, 9.17) is 9.31 Å². The van der Waals surface area contributed by atoms with Gasteiger partial charge in [0.2, 0.25) is 0 Å². The van der Waals surface area contributed by atoms with Gasteiger partial charge in [0.05, 0.1) is 11.2 Å². The Balaban J connectivity index is 1.94. The Kier molecular flexibility index (Phi) is 3.47. The number of hydrogen-bond acceptors (Lipinski definition) is 3. The van der Waals surface area contributed by atoms with E-state index < -0.39 is 0 Å². The van der Waals surface area contributed by atoms with Gasteiger partial charge in [0, 0.05) is 13.1 Å². The summed E-state index contributed by atoms with van der Waals surface area (Å²) in [7, 11) is 1.92. The minimum atomic E-state index is -0.279. The van der Waals surface area contributed by atoms with Crippen molar-refractivity contribution < 1.29 is 9.31 Å². The van der Waals surface area contributed by atoms with Crippen molar-refractivity contribution in [3.05, 3.63) is 28.8 Å². The molecule has 0 radical (unpaired) electrons. The fraction of sp³-hybridized carbons (Fsp3) is 0.647. The lowest BCUT2D eigenvalue weighted by molar-refractivity contribution is 0.00578. The summed E-state index contributed by atoms with van der Waals surface area (Å²) in [5, 5.41) is 0. The number of aryl methyl sites for hydroxylation is 1. The first-order chi connectivity index (χ1) is 9.69. The third kappa shape index (κ3) is 2.54. The van der Waals surface area contributed by atoms with Crippen molar-refractivity contribution in [1.29, 1.82) is 0 Å². The molecule has 1 saturated heterocycles. The van der Waals surface area contributed by atoms with Gasteiger partial charge < -0.3 is 14.2 Å². The number of rotatable bonds is 1. The lowest BCUT2D eigenvalue weighted by atomic mass is 9.76. The lowest BCUT2D eigenvalue weighted by Crippen LogP contribution is -2.41. The molecular weight excluding hydrogens is 261 g/mol. The van der Waals surface area contributed by atoms with Crippen LogP contribution in [0.1, 0.15) is 44.4 Å². The van der Waals surface area contributed by atoms with Gasteiger partial charge >= 0.3 is 7.12 Å². The van der Waals surface area contributed by atoms with Gasteiger partial charge in [0.25, 0.3) is 0 Å². The smallest absolute Gasteiger partial charge is 0.399 e. The highest BCUT2D eigenvalue weighted by atomic mass is 16.7. The normalized spacial score (nSPS) is 24.2. The van der Waals surface area contributed by atoms with Crippen molar-refractivity contribution in [2.75, 3.05) is 13.6 Å². The molecule has 1 aromatic rings. The molecule has 2 aliphatic rings. The summed E-state index contributed by atoms with van der Waals surface area (Å²) in [6.07, 6.45) is 1.14. The van der Waals surface area contributed by atoms with Crippen LogP contribution in [-0.2, 0) is 22.3 Å². The van der Waals surface area contributed by atoms with E-state index in [9.17, 15) is 0 Å². The van der Waals surface area contributed by atoms with Gasteiger partial charge in [-0.15, -0.1) is 0 Å². The molecule has 0 N–H and O–H groups in total. The maximum atomic E-state index is 6.19. The molecule has 0 aromatic heterocycles. The van der Waals surface area contributed by atoms with Crippen molar-refractivity contribution in [2.24, 2.45) is 0 Å². The highest BCUT2D eigenvalue weighted by Gasteiger charge is 2.51. The van der Waals surface area contributed by atoms with Crippen molar-refractivity contribution in [3.8, 4) is 0 Å². The first-order valence-electron chi connectivity index (χ1n) is 7.86. The third-order valence-electron chi connectivity index (χ3n) is 5.30. The van der Waals surface area contributed by atoms with Gasteiger partial charge in [-0.25, -0.2) is 0 Å². The average molecular weight is 287 g/mol. The topological polar surface area (TPSA) is 21.7 Å². The zero-order chi connectivity index (χ0) is 15.4. The summed E-state index contributed by atoms with van der Waals surface area (Å²) in [5.41, 5.74) is 4.89. The van der Waals surface area contributed by atoms with Crippen LogP contribution in [0.2, 0.25) is 0 Å². The maximum absolute atomic E-state index is 6.19. The van der Waals surface area contributed by atoms with Crippen LogP contribution in [0.25, 0.3) is 0 Å². The number of nitrogens with zero attached hydrogens (tertiary/aromatic N) is 1. The zero-order valence-corrected chi connectivity index (χ0v) is 14.1. The fourth-order valence-electron chi connectivity index (χ4n) is 3.21. The monoisotopic (exact) mass is 287 g/mol. The number of hydrogen-bond donors (Lipinski definition) is 0. The third-order valence-corrected chi connectivity index (χ3v) is 5.30. The van der Waals surface area contributed by atoms with Gasteiger partial charge in [-0.1, -0.05) is 12.1 Å². The molecule has 0 saturated carbocycles.